The van der Waals surface area contributed by atoms with E-state index < -0.39 is 0 Å². The maximum Gasteiger partial charge on any atom is 0.144 e. The fourth-order valence-electron chi connectivity index (χ4n) is 2.02. The lowest BCUT2D eigenvalue weighted by Crippen LogP contribution is -2.16. The molecule has 17 heavy (non-hydrogen) atoms. The third-order valence-electron chi connectivity index (χ3n) is 2.95. The summed E-state index contributed by atoms with van der Waals surface area (Å²) in [6.07, 6.45) is 2.40. The minimum Gasteiger partial charge on any atom is -0.489 e. The molecule has 0 amide bonds. The van der Waals surface area contributed by atoms with Gasteiger partial charge in [0.15, 0.2) is 0 Å². The largest absolute Gasteiger partial charge is 0.489 e. The van der Waals surface area contributed by atoms with Gasteiger partial charge in [-0.25, -0.2) is 4.98 Å². The summed E-state index contributed by atoms with van der Waals surface area (Å²) < 4.78 is 12.3. The van der Waals surface area contributed by atoms with Crippen LogP contribution in [-0.4, -0.2) is 24.3 Å². The van der Waals surface area contributed by atoms with Crippen LogP contribution >= 0.6 is 11.3 Å². The molecule has 2 aromatic rings. The van der Waals surface area contributed by atoms with Crippen molar-refractivity contribution in [3.05, 3.63) is 17.6 Å². The molecule has 3 rings (SSSR count). The summed E-state index contributed by atoms with van der Waals surface area (Å²) in [5.74, 6) is 0.707. The smallest absolute Gasteiger partial charge is 0.144 e. The molecule has 5 heteroatoms. The van der Waals surface area contributed by atoms with Crippen molar-refractivity contribution in [1.82, 2.24) is 4.98 Å². The third-order valence-corrected chi connectivity index (χ3v) is 3.74. The van der Waals surface area contributed by atoms with Crippen LogP contribution in [0.3, 0.4) is 0 Å². The monoisotopic (exact) mass is 250 g/mol. The Bertz CT molecular complexity index is 520. The number of rotatable bonds is 3. The normalized spacial score (nSPS) is 19.9. The van der Waals surface area contributed by atoms with Crippen molar-refractivity contribution in [1.29, 1.82) is 0 Å². The molecule has 1 aromatic carbocycles. The van der Waals surface area contributed by atoms with Crippen LogP contribution in [0, 0.1) is 0 Å². The second-order valence-electron chi connectivity index (χ2n) is 4.12. The van der Waals surface area contributed by atoms with Crippen molar-refractivity contribution in [2.24, 2.45) is 0 Å². The van der Waals surface area contributed by atoms with Crippen LogP contribution < -0.4 is 10.5 Å². The van der Waals surface area contributed by atoms with Crippen molar-refractivity contribution in [3.8, 4) is 5.75 Å². The second-order valence-corrected chi connectivity index (χ2v) is 5.01. The molecule has 1 aliphatic rings. The van der Waals surface area contributed by atoms with Crippen molar-refractivity contribution in [2.75, 3.05) is 18.9 Å². The van der Waals surface area contributed by atoms with Crippen molar-refractivity contribution in [2.45, 2.75) is 18.9 Å². The fraction of sp³-hybridized carbons (Fsp3) is 0.417. The molecule has 0 bridgehead atoms. The van der Waals surface area contributed by atoms with Gasteiger partial charge >= 0.3 is 0 Å². The van der Waals surface area contributed by atoms with E-state index in [1.54, 1.807) is 16.8 Å². The van der Waals surface area contributed by atoms with Crippen LogP contribution in [0.5, 0.6) is 5.75 Å². The Morgan fingerprint density at radius 1 is 1.53 bits per heavy atom. The Morgan fingerprint density at radius 2 is 2.47 bits per heavy atom. The predicted molar refractivity (Wildman–Crippen MR) is 68.5 cm³/mol. The maximum atomic E-state index is 6.03. The van der Waals surface area contributed by atoms with E-state index in [1.165, 1.54) is 0 Å². The lowest BCUT2D eigenvalue weighted by Gasteiger charge is -2.13. The van der Waals surface area contributed by atoms with Gasteiger partial charge in [0.05, 0.1) is 16.3 Å². The number of benzene rings is 1. The van der Waals surface area contributed by atoms with E-state index in [0.29, 0.717) is 18.0 Å². The molecule has 1 aliphatic heterocycles. The van der Waals surface area contributed by atoms with Gasteiger partial charge in [0.2, 0.25) is 0 Å². The van der Waals surface area contributed by atoms with Crippen LogP contribution in [0.1, 0.15) is 12.8 Å². The molecule has 90 valence electrons. The molecule has 1 fully saturated rings. The second kappa shape index (κ2) is 4.50. The highest BCUT2D eigenvalue weighted by molar-refractivity contribution is 7.16. The quantitative estimate of drug-likeness (QED) is 0.850. The first-order chi connectivity index (χ1) is 8.34. The maximum absolute atomic E-state index is 6.03. The molecular weight excluding hydrogens is 236 g/mol. The topological polar surface area (TPSA) is 57.4 Å². The number of fused-ring (bicyclic) bond motifs is 1. The minimum absolute atomic E-state index is 0.209. The van der Waals surface area contributed by atoms with Gasteiger partial charge in [-0.3, -0.25) is 0 Å². The molecule has 4 nitrogen and oxygen atoms in total. The number of nitrogens with zero attached hydrogens (tertiary/aromatic N) is 1. The first kappa shape index (κ1) is 10.8. The standard InChI is InChI=1S/C12H14N2O2S/c13-11-9(16-6-8-2-1-5-15-8)3-4-10-12(11)14-7-17-10/h3-4,7-8H,1-2,5-6,13H2. The molecule has 1 atom stereocenters. The minimum atomic E-state index is 0.209. The molecule has 0 radical (unpaired) electrons. The fourth-order valence-corrected chi connectivity index (χ4v) is 2.71. The number of thiazole rings is 1. The highest BCUT2D eigenvalue weighted by Gasteiger charge is 2.17. The van der Waals surface area contributed by atoms with Crippen LogP contribution in [0.4, 0.5) is 5.69 Å². The highest BCUT2D eigenvalue weighted by atomic mass is 32.1. The van der Waals surface area contributed by atoms with Crippen molar-refractivity contribution < 1.29 is 9.47 Å². The summed E-state index contributed by atoms with van der Waals surface area (Å²) in [6, 6.07) is 3.90. The van der Waals surface area contributed by atoms with E-state index in [4.69, 9.17) is 15.2 Å². The van der Waals surface area contributed by atoms with Gasteiger partial charge in [-0.2, -0.15) is 0 Å². The molecule has 2 N–H and O–H groups in total. The Labute approximate surface area is 103 Å². The SMILES string of the molecule is Nc1c(OCC2CCCO2)ccc2scnc12. The average Bonchev–Trinajstić information content (AvgIpc) is 2.99. The Kier molecular flexibility index (Phi) is 2.86. The van der Waals surface area contributed by atoms with Crippen molar-refractivity contribution in [3.63, 3.8) is 0 Å². The first-order valence-corrected chi connectivity index (χ1v) is 6.58. The van der Waals surface area contributed by atoms with Crippen LogP contribution in [0.2, 0.25) is 0 Å². The number of nitrogen functional groups attached to an aromatic ring is 1. The number of hydrogen-bond acceptors (Lipinski definition) is 5. The Balaban J connectivity index is 1.77. The van der Waals surface area contributed by atoms with Gasteiger partial charge in [0.25, 0.3) is 0 Å². The molecule has 0 saturated carbocycles. The van der Waals surface area contributed by atoms with E-state index in [0.717, 1.165) is 29.7 Å². The number of hydrogen-bond donors (Lipinski definition) is 1. The van der Waals surface area contributed by atoms with Gasteiger partial charge in [-0.15, -0.1) is 11.3 Å². The average molecular weight is 250 g/mol. The summed E-state index contributed by atoms with van der Waals surface area (Å²) in [5, 5.41) is 0. The van der Waals surface area contributed by atoms with E-state index in [1.807, 2.05) is 12.1 Å². The van der Waals surface area contributed by atoms with Gasteiger partial charge in [0, 0.05) is 6.61 Å². The van der Waals surface area contributed by atoms with Crippen LogP contribution in [0.15, 0.2) is 17.6 Å². The zero-order chi connectivity index (χ0) is 11.7. The van der Waals surface area contributed by atoms with Crippen molar-refractivity contribution >= 4 is 27.2 Å². The molecule has 2 heterocycles. The van der Waals surface area contributed by atoms with E-state index >= 15 is 0 Å². The van der Waals surface area contributed by atoms with E-state index in [-0.39, 0.29) is 6.10 Å². The Morgan fingerprint density at radius 3 is 3.29 bits per heavy atom. The zero-order valence-electron chi connectivity index (χ0n) is 9.39. The molecule has 1 aromatic heterocycles. The van der Waals surface area contributed by atoms with Gasteiger partial charge in [0.1, 0.15) is 23.6 Å². The van der Waals surface area contributed by atoms with Gasteiger partial charge in [-0.1, -0.05) is 0 Å². The number of ether oxygens (including phenoxy) is 2. The van der Waals surface area contributed by atoms with E-state index in [2.05, 4.69) is 4.98 Å². The Hall–Kier alpha value is -1.33. The summed E-state index contributed by atoms with van der Waals surface area (Å²) >= 11 is 1.58. The summed E-state index contributed by atoms with van der Waals surface area (Å²) in [6.45, 7) is 1.41. The number of nitrogens with two attached hydrogens (primary N) is 1. The molecule has 1 unspecified atom stereocenters. The number of aromatic nitrogens is 1. The predicted octanol–water partition coefficient (Wildman–Crippen LogP) is 2.44. The van der Waals surface area contributed by atoms with Crippen LogP contribution in [0.25, 0.3) is 10.2 Å². The lowest BCUT2D eigenvalue weighted by molar-refractivity contribution is 0.0682. The lowest BCUT2D eigenvalue weighted by atomic mass is 10.2. The van der Waals surface area contributed by atoms with E-state index in [9.17, 15) is 0 Å². The summed E-state index contributed by atoms with van der Waals surface area (Å²) in [7, 11) is 0. The highest BCUT2D eigenvalue weighted by Crippen LogP contribution is 2.32. The molecule has 1 saturated heterocycles. The number of anilines is 1. The molecule has 0 spiro atoms. The van der Waals surface area contributed by atoms with Crippen LogP contribution in [-0.2, 0) is 4.74 Å². The zero-order valence-corrected chi connectivity index (χ0v) is 10.2. The third kappa shape index (κ3) is 2.08. The van der Waals surface area contributed by atoms with Gasteiger partial charge in [-0.05, 0) is 25.0 Å². The molecule has 0 aliphatic carbocycles. The van der Waals surface area contributed by atoms with Gasteiger partial charge < -0.3 is 15.2 Å². The summed E-state index contributed by atoms with van der Waals surface area (Å²) in [4.78, 5) is 4.24. The summed E-state index contributed by atoms with van der Waals surface area (Å²) in [5.41, 5.74) is 9.28. The first-order valence-electron chi connectivity index (χ1n) is 5.70. The molecular formula is C12H14N2O2S.